The molecule has 0 aromatic heterocycles. The van der Waals surface area contributed by atoms with Crippen molar-refractivity contribution < 1.29 is 126 Å². The van der Waals surface area contributed by atoms with Gasteiger partial charge >= 0.3 is 0 Å². The van der Waals surface area contributed by atoms with E-state index in [0.29, 0.717) is 28.5 Å². The zero-order valence-corrected chi connectivity index (χ0v) is 54.6. The van der Waals surface area contributed by atoms with Gasteiger partial charge in [-0.05, 0) is 168 Å². The molecule has 10 unspecified atom stereocenters. The maximum absolute atomic E-state index is 13.9. The Hall–Kier alpha value is -6.20. The van der Waals surface area contributed by atoms with Gasteiger partial charge in [-0.15, -0.1) is 0 Å². The summed E-state index contributed by atoms with van der Waals surface area (Å²) in [5.74, 6) is -24.4. The molecule has 8 heterocycles. The average molecular weight is 1350 g/mol. The van der Waals surface area contributed by atoms with Crippen LogP contribution in [0.4, 0.5) is 0 Å². The summed E-state index contributed by atoms with van der Waals surface area (Å²) in [5.41, 5.74) is -4.97. The number of carbonyl (C=O) groups excluding carboxylic acids is 4. The maximum atomic E-state index is 13.9. The summed E-state index contributed by atoms with van der Waals surface area (Å²) in [6.07, 6.45) is -34.9. The van der Waals surface area contributed by atoms with E-state index in [9.17, 15) is 21.9 Å². The minimum atomic E-state index is -4.14. The van der Waals surface area contributed by atoms with Crippen LogP contribution in [0, 0.1) is 47.2 Å². The predicted octanol–water partition coefficient (Wildman–Crippen LogP) is 13.7. The van der Waals surface area contributed by atoms with E-state index in [-0.39, 0.29) is 69.5 Å². The Morgan fingerprint density at radius 3 is 1.32 bits per heavy atom. The lowest BCUT2D eigenvalue weighted by atomic mass is 9.79. The van der Waals surface area contributed by atoms with Crippen LogP contribution in [0.15, 0.2) is 48.4 Å². The Bertz CT molecular complexity index is 5740. The van der Waals surface area contributed by atoms with Crippen molar-refractivity contribution in [1.29, 1.82) is 0 Å². The molecule has 12 rings (SSSR count). The number of ether oxygens (including phenoxy) is 8. The first kappa shape index (κ1) is 31.1. The number of benzene rings is 4. The van der Waals surface area contributed by atoms with Gasteiger partial charge in [-0.25, -0.2) is 0 Å². The molecule has 0 aliphatic carbocycles. The smallest absolute Gasteiger partial charge is 0.161 e. The van der Waals surface area contributed by atoms with E-state index < -0.39 is 312 Å². The van der Waals surface area contributed by atoms with Crippen LogP contribution in [0.1, 0.15) is 256 Å². The Morgan fingerprint density at radius 2 is 0.851 bits per heavy atom. The summed E-state index contributed by atoms with van der Waals surface area (Å²) in [5, 5.41) is 0. The van der Waals surface area contributed by atoms with Gasteiger partial charge in [0.25, 0.3) is 0 Å². The second-order valence-electron chi connectivity index (χ2n) is 22.4. The minimum absolute atomic E-state index is 0.0386. The van der Waals surface area contributed by atoms with Crippen molar-refractivity contribution in [3.63, 3.8) is 0 Å². The molecule has 0 saturated carbocycles. The summed E-state index contributed by atoms with van der Waals surface area (Å²) in [6.45, 7) is -18.3. The number of hydrogen-bond donors (Lipinski definition) is 0. The number of fused-ring (bicyclic) bond motifs is 12. The average Bonchev–Trinajstić information content (AvgIpc) is 0.648. The summed E-state index contributed by atoms with van der Waals surface area (Å²) in [7, 11) is 9.34. The molecule has 516 valence electrons. The number of aryl methyl sites for hydroxylation is 1. The Balaban J connectivity index is 0.000000215. The second-order valence-corrected chi connectivity index (χ2v) is 22.4. The SMILES string of the molecule is [2H]C1(CC(C)C)CN2C([2H])([2H])C([2H])([2H])c3cc(OC)c(OC)cc3C2([2H])C([2H])([2H])C1=O.[2H]c1c(OC)c(OC)c([2H])c2c1C([2H])([2H])C([2H])([2H])N1CC([2H])(C([2H])([2H])C([2H])(C([2H])([2H])[2H])C([2H])([2H])C)C(=O)C([2H])([2H])C21[2H].[2H]c1c(OC)c(OC)c([2H])c2c1C1([2H])CC(=O)C(C([2H])([2H])C([2H])(C([2H])([2H])[2H])C([2H])([2H])C)CN1C([2H])([2H])C2([2H])[2H].[2H]c1c(OC)c(OC)c([2H])c2c1C1([2H])CC(=O)C(CC(C)C)C([2H])([2H])N1C([2H])([2H])C2([2H])[2H]. The molecule has 10 atom stereocenters. The molecular weight excluding hydrogens is 1180 g/mol. The molecular formula is C78H112N4O12. The first-order valence-electron chi connectivity index (χ1n) is 54.7. The van der Waals surface area contributed by atoms with Gasteiger partial charge in [-0.2, -0.15) is 0 Å². The highest BCUT2D eigenvalue weighted by atomic mass is 16.5. The lowest BCUT2D eigenvalue weighted by Crippen LogP contribution is -2.46. The van der Waals surface area contributed by atoms with Gasteiger partial charge in [0.05, 0.1) is 70.6 Å². The Kier molecular flexibility index (Phi) is 10.8. The largest absolute Gasteiger partial charge is 0.493 e. The molecule has 0 N–H and O–H groups in total. The van der Waals surface area contributed by atoms with Gasteiger partial charge in [-0.1, -0.05) is 68.0 Å². The van der Waals surface area contributed by atoms with Crippen molar-refractivity contribution in [3.8, 4) is 46.0 Å². The molecule has 8 aliphatic heterocycles. The molecule has 0 bridgehead atoms. The van der Waals surface area contributed by atoms with Crippen LogP contribution in [0.5, 0.6) is 46.0 Å². The molecule has 4 aromatic rings. The number of ketones is 4. The van der Waals surface area contributed by atoms with E-state index in [1.165, 1.54) is 40.6 Å². The summed E-state index contributed by atoms with van der Waals surface area (Å²) in [4.78, 5) is 55.4. The highest BCUT2D eigenvalue weighted by molar-refractivity contribution is 5.85. The normalized spacial score (nSPS) is 44.6. The number of piperidine rings is 4. The fraction of sp³-hybridized carbons (Fsp3) is 0.641. The van der Waals surface area contributed by atoms with E-state index in [1.807, 2.05) is 0 Å². The molecule has 4 aromatic carbocycles. The predicted molar refractivity (Wildman–Crippen MR) is 370 cm³/mol. The van der Waals surface area contributed by atoms with Crippen molar-refractivity contribution in [1.82, 2.24) is 19.6 Å². The summed E-state index contributed by atoms with van der Waals surface area (Å²) >= 11 is 0. The van der Waals surface area contributed by atoms with Gasteiger partial charge in [-0.3, -0.25) is 38.8 Å². The van der Waals surface area contributed by atoms with Crippen LogP contribution in [0.3, 0.4) is 0 Å². The number of nitrogens with zero attached hydrogens (tertiary/aromatic N) is 4. The maximum Gasteiger partial charge on any atom is 0.161 e. The van der Waals surface area contributed by atoms with Crippen molar-refractivity contribution >= 4 is 23.1 Å². The van der Waals surface area contributed by atoms with E-state index >= 15 is 0 Å². The quantitative estimate of drug-likeness (QED) is 0.0926. The van der Waals surface area contributed by atoms with Crippen molar-refractivity contribution in [3.05, 3.63) is 92.9 Å². The standard InChI is InChI=1S/2C20H29NO3.2C19H27NO3/c2*1-5-13(2)8-15-12-21-7-6-14-9-19(23-3)20(24-4)10-16(14)17(21)11-18(15)22;2*1-12(2)7-14-11-20-6-5-13-8-18(22-3)19(23-4)9-15(13)16(20)10-17(14)21/h2*9-10,13,15,17H,5-8,11-12H2,1-4H3;2*8-9,12,14,16H,5-7,10-11H2,1-4H3/i2D3,5D2,6D2,7D2,8D2,9D,10D,11D2,13D,15D,17D;2D3,5D2,6D2,7D2,8D2,9D,10D,13D,17D;5D2,6D2,8D,9D,11D2,16D;5D2,6D2,10D2,14D,16D. The van der Waals surface area contributed by atoms with Crippen LogP contribution >= 0.6 is 0 Å². The third-order valence-corrected chi connectivity index (χ3v) is 15.3. The molecule has 16 heteroatoms. The molecule has 0 radical (unpaired) electrons. The van der Waals surface area contributed by atoms with Crippen molar-refractivity contribution in [2.75, 3.05) is 109 Å². The Morgan fingerprint density at radius 1 is 0.468 bits per heavy atom. The highest BCUT2D eigenvalue weighted by Gasteiger charge is 2.43. The summed E-state index contributed by atoms with van der Waals surface area (Å²) in [6, 6.07) is -13.1. The molecule has 4 fully saturated rings. The van der Waals surface area contributed by atoms with Gasteiger partial charge in [0.15, 0.2) is 46.0 Å². The van der Waals surface area contributed by atoms with E-state index in [0.717, 1.165) is 28.4 Å². The monoisotopic (exact) mass is 1350 g/mol. The third kappa shape index (κ3) is 16.4. The lowest BCUT2D eigenvalue weighted by molar-refractivity contribution is -0.130. The number of rotatable bonds is 18. The number of methoxy groups -OCH3 is 8. The number of Topliss-reactive ketones (excluding diaryl/α,β-unsaturated/α-hetero) is 4. The zero-order valence-electron chi connectivity index (χ0n) is 105. The van der Waals surface area contributed by atoms with Gasteiger partial charge in [0.1, 0.15) is 23.1 Å². The van der Waals surface area contributed by atoms with E-state index in [4.69, 9.17) is 104 Å². The Labute approximate surface area is 632 Å². The first-order valence-corrected chi connectivity index (χ1v) is 29.7. The molecule has 16 nitrogen and oxygen atoms in total. The van der Waals surface area contributed by atoms with Crippen molar-refractivity contribution in [2.24, 2.45) is 47.2 Å². The summed E-state index contributed by atoms with van der Waals surface area (Å²) < 4.78 is 467. The van der Waals surface area contributed by atoms with Crippen LogP contribution in [0.2, 0.25) is 0 Å². The lowest BCUT2D eigenvalue weighted by Gasteiger charge is -2.43. The van der Waals surface area contributed by atoms with E-state index in [2.05, 4.69) is 0 Å². The van der Waals surface area contributed by atoms with Gasteiger partial charge in [0.2, 0.25) is 0 Å². The fourth-order valence-corrected chi connectivity index (χ4v) is 10.7. The van der Waals surface area contributed by atoms with Crippen LogP contribution in [-0.2, 0) is 44.7 Å². The van der Waals surface area contributed by atoms with Crippen molar-refractivity contribution in [2.45, 2.75) is 169 Å². The minimum Gasteiger partial charge on any atom is -0.493 e. The number of hydrogen-bond acceptors (Lipinski definition) is 16. The molecule has 0 spiro atoms. The molecule has 94 heavy (non-hydrogen) atoms. The molecule has 0 amide bonds. The van der Waals surface area contributed by atoms with Crippen LogP contribution in [-0.4, -0.2) is 152 Å². The van der Waals surface area contributed by atoms with Gasteiger partial charge < -0.3 is 37.9 Å². The third-order valence-electron chi connectivity index (χ3n) is 15.3. The van der Waals surface area contributed by atoms with Crippen LogP contribution < -0.4 is 37.9 Å². The second kappa shape index (κ2) is 32.7. The topological polar surface area (TPSA) is 155 Å². The molecule has 8 aliphatic rings. The van der Waals surface area contributed by atoms with Gasteiger partial charge in [0, 0.05) is 180 Å². The fourth-order valence-electron chi connectivity index (χ4n) is 10.7. The molecule has 4 saturated heterocycles. The highest BCUT2D eigenvalue weighted by Crippen LogP contribution is 2.48. The number of carbonyl (C=O) groups is 4. The van der Waals surface area contributed by atoms with Crippen LogP contribution in [0.25, 0.3) is 0 Å². The first-order chi connectivity index (χ1) is 64.3. The zero-order chi connectivity index (χ0) is 112. The van der Waals surface area contributed by atoms with E-state index in [1.54, 1.807) is 27.7 Å².